The Labute approximate surface area is 190 Å². The highest BCUT2D eigenvalue weighted by Crippen LogP contribution is 2.36. The Morgan fingerprint density at radius 3 is 2.53 bits per heavy atom. The summed E-state index contributed by atoms with van der Waals surface area (Å²) in [7, 11) is 3.22. The molecule has 32 heavy (non-hydrogen) atoms. The highest BCUT2D eigenvalue weighted by atomic mass is 32.1. The van der Waals surface area contributed by atoms with E-state index in [0.717, 1.165) is 37.7 Å². The first-order chi connectivity index (χ1) is 15.5. The van der Waals surface area contributed by atoms with Crippen molar-refractivity contribution in [1.29, 1.82) is 0 Å². The molecule has 0 spiro atoms. The van der Waals surface area contributed by atoms with Crippen LogP contribution in [0.4, 0.5) is 11.5 Å². The molecule has 0 atom stereocenters. The van der Waals surface area contributed by atoms with E-state index in [4.69, 9.17) is 9.47 Å². The molecule has 2 aromatic heterocycles. The van der Waals surface area contributed by atoms with Gasteiger partial charge in [0.05, 0.1) is 26.3 Å². The van der Waals surface area contributed by atoms with Crippen LogP contribution < -0.4 is 20.1 Å². The van der Waals surface area contributed by atoms with E-state index in [1.807, 2.05) is 43.3 Å². The maximum absolute atomic E-state index is 11.5. The summed E-state index contributed by atoms with van der Waals surface area (Å²) in [6, 6.07) is 15.7. The van der Waals surface area contributed by atoms with Gasteiger partial charge < -0.3 is 20.1 Å². The molecule has 0 aliphatic heterocycles. The van der Waals surface area contributed by atoms with Crippen molar-refractivity contribution in [2.75, 3.05) is 24.9 Å². The predicted molar refractivity (Wildman–Crippen MR) is 129 cm³/mol. The first kappa shape index (κ1) is 21.6. The number of fused-ring (bicyclic) bond motifs is 1. The molecule has 4 rings (SSSR count). The SMILES string of the molecule is COc1cc2nc(C)nc(NCc3ccc(-c4ccccc4NC(C)=O)s3)c2cc1OC. The molecule has 0 saturated carbocycles. The van der Waals surface area contributed by atoms with Crippen LogP contribution in [0.25, 0.3) is 21.3 Å². The number of rotatable bonds is 7. The third kappa shape index (κ3) is 4.50. The fourth-order valence-electron chi connectivity index (χ4n) is 3.49. The molecule has 0 aliphatic rings. The van der Waals surface area contributed by atoms with E-state index < -0.39 is 0 Å². The number of benzene rings is 2. The lowest BCUT2D eigenvalue weighted by Gasteiger charge is -2.13. The first-order valence-electron chi connectivity index (χ1n) is 10.1. The minimum atomic E-state index is -0.0889. The number of amides is 1. The fourth-order valence-corrected chi connectivity index (χ4v) is 4.48. The Kier molecular flexibility index (Phi) is 6.23. The Balaban J connectivity index is 1.60. The lowest BCUT2D eigenvalue weighted by Crippen LogP contribution is -2.06. The maximum atomic E-state index is 11.5. The second kappa shape index (κ2) is 9.23. The Morgan fingerprint density at radius 2 is 1.78 bits per heavy atom. The van der Waals surface area contributed by atoms with Crippen molar-refractivity contribution in [3.05, 3.63) is 59.2 Å². The number of nitrogens with zero attached hydrogens (tertiary/aromatic N) is 2. The van der Waals surface area contributed by atoms with Crippen LogP contribution in [-0.4, -0.2) is 30.1 Å². The van der Waals surface area contributed by atoms with Crippen molar-refractivity contribution in [3.8, 4) is 21.9 Å². The van der Waals surface area contributed by atoms with Crippen LogP contribution in [-0.2, 0) is 11.3 Å². The average molecular weight is 449 g/mol. The topological polar surface area (TPSA) is 85.4 Å². The Morgan fingerprint density at radius 1 is 1.03 bits per heavy atom. The van der Waals surface area contributed by atoms with Gasteiger partial charge in [-0.25, -0.2) is 9.97 Å². The van der Waals surface area contributed by atoms with Gasteiger partial charge in [-0.3, -0.25) is 4.79 Å². The van der Waals surface area contributed by atoms with E-state index in [-0.39, 0.29) is 5.91 Å². The summed E-state index contributed by atoms with van der Waals surface area (Å²) in [6.45, 7) is 3.98. The van der Waals surface area contributed by atoms with Crippen LogP contribution in [0.2, 0.25) is 0 Å². The molecule has 2 aromatic carbocycles. The minimum absolute atomic E-state index is 0.0889. The van der Waals surface area contributed by atoms with Crippen molar-refractivity contribution in [1.82, 2.24) is 9.97 Å². The van der Waals surface area contributed by atoms with Gasteiger partial charge in [-0.15, -0.1) is 11.3 Å². The molecule has 0 fully saturated rings. The van der Waals surface area contributed by atoms with Gasteiger partial charge in [0.2, 0.25) is 5.91 Å². The van der Waals surface area contributed by atoms with Gasteiger partial charge in [0.15, 0.2) is 11.5 Å². The number of carbonyl (C=O) groups excluding carboxylic acids is 1. The average Bonchev–Trinajstić information content (AvgIpc) is 3.25. The standard InChI is InChI=1S/C24H24N4O3S/c1-14-26-20-12-22(31-4)21(30-3)11-18(20)24(27-14)25-13-16-9-10-23(32-16)17-7-5-6-8-19(17)28-15(2)29/h5-12H,13H2,1-4H3,(H,28,29)(H,25,26,27). The quantitative estimate of drug-likeness (QED) is 0.401. The fraction of sp³-hybridized carbons (Fsp3) is 0.208. The van der Waals surface area contributed by atoms with Gasteiger partial charge in [0.25, 0.3) is 0 Å². The van der Waals surface area contributed by atoms with Crippen LogP contribution in [0.1, 0.15) is 17.6 Å². The Bertz CT molecular complexity index is 1290. The zero-order chi connectivity index (χ0) is 22.7. The summed E-state index contributed by atoms with van der Waals surface area (Å²) in [5.41, 5.74) is 2.59. The summed E-state index contributed by atoms with van der Waals surface area (Å²) >= 11 is 1.67. The van der Waals surface area contributed by atoms with Crippen LogP contribution in [0.15, 0.2) is 48.5 Å². The molecule has 8 heteroatoms. The molecule has 0 bridgehead atoms. The molecule has 0 saturated heterocycles. The largest absolute Gasteiger partial charge is 0.493 e. The molecule has 0 radical (unpaired) electrons. The molecule has 0 unspecified atom stereocenters. The number of hydrogen-bond donors (Lipinski definition) is 2. The summed E-state index contributed by atoms with van der Waals surface area (Å²) in [5.74, 6) is 2.58. The summed E-state index contributed by atoms with van der Waals surface area (Å²) in [6.07, 6.45) is 0. The van der Waals surface area contributed by atoms with E-state index >= 15 is 0 Å². The number of hydrogen-bond acceptors (Lipinski definition) is 7. The molecule has 4 aromatic rings. The molecule has 7 nitrogen and oxygen atoms in total. The van der Waals surface area contributed by atoms with Gasteiger partial charge in [-0.05, 0) is 31.2 Å². The van der Waals surface area contributed by atoms with Crippen LogP contribution >= 0.6 is 11.3 Å². The summed E-state index contributed by atoms with van der Waals surface area (Å²) < 4.78 is 10.8. The number of anilines is 2. The number of carbonyl (C=O) groups is 1. The number of ether oxygens (including phenoxy) is 2. The highest BCUT2D eigenvalue weighted by Gasteiger charge is 2.13. The number of aryl methyl sites for hydroxylation is 1. The maximum Gasteiger partial charge on any atom is 0.221 e. The van der Waals surface area contributed by atoms with E-state index in [1.165, 1.54) is 6.92 Å². The van der Waals surface area contributed by atoms with Crippen LogP contribution in [0.3, 0.4) is 0 Å². The molecule has 1 amide bonds. The van der Waals surface area contributed by atoms with Crippen LogP contribution in [0.5, 0.6) is 11.5 Å². The first-order valence-corrected chi connectivity index (χ1v) is 10.9. The monoisotopic (exact) mass is 448 g/mol. The third-order valence-corrected chi connectivity index (χ3v) is 6.03. The molecular formula is C24H24N4O3S. The van der Waals surface area contributed by atoms with E-state index in [2.05, 4.69) is 32.7 Å². The second-order valence-electron chi connectivity index (χ2n) is 7.19. The number of nitrogens with one attached hydrogen (secondary N) is 2. The van der Waals surface area contributed by atoms with Crippen molar-refractivity contribution < 1.29 is 14.3 Å². The van der Waals surface area contributed by atoms with E-state index in [9.17, 15) is 4.79 Å². The summed E-state index contributed by atoms with van der Waals surface area (Å²) in [4.78, 5) is 22.9. The smallest absolute Gasteiger partial charge is 0.221 e. The second-order valence-corrected chi connectivity index (χ2v) is 8.36. The molecule has 164 valence electrons. The molecule has 0 aliphatic carbocycles. The number of para-hydroxylation sites is 1. The number of thiophene rings is 1. The van der Waals surface area contributed by atoms with Gasteiger partial charge in [0, 0.05) is 39.4 Å². The minimum Gasteiger partial charge on any atom is -0.493 e. The van der Waals surface area contributed by atoms with Gasteiger partial charge in [-0.1, -0.05) is 18.2 Å². The van der Waals surface area contributed by atoms with Crippen molar-refractivity contribution in [2.24, 2.45) is 0 Å². The van der Waals surface area contributed by atoms with Gasteiger partial charge >= 0.3 is 0 Å². The van der Waals surface area contributed by atoms with E-state index in [0.29, 0.717) is 23.9 Å². The Hall–Kier alpha value is -3.65. The van der Waals surface area contributed by atoms with Crippen molar-refractivity contribution in [2.45, 2.75) is 20.4 Å². The predicted octanol–water partition coefficient (Wildman–Crippen LogP) is 5.25. The highest BCUT2D eigenvalue weighted by molar-refractivity contribution is 7.15. The normalized spacial score (nSPS) is 10.8. The van der Waals surface area contributed by atoms with Crippen molar-refractivity contribution in [3.63, 3.8) is 0 Å². The van der Waals surface area contributed by atoms with Gasteiger partial charge in [-0.2, -0.15) is 0 Å². The van der Waals surface area contributed by atoms with Crippen LogP contribution in [0, 0.1) is 6.92 Å². The molecular weight excluding hydrogens is 424 g/mol. The number of aromatic nitrogens is 2. The van der Waals surface area contributed by atoms with E-state index in [1.54, 1.807) is 25.6 Å². The molecule has 2 N–H and O–H groups in total. The van der Waals surface area contributed by atoms with Gasteiger partial charge in [0.1, 0.15) is 11.6 Å². The number of methoxy groups -OCH3 is 2. The summed E-state index contributed by atoms with van der Waals surface area (Å²) in [5, 5.41) is 7.20. The molecule has 2 heterocycles. The lowest BCUT2D eigenvalue weighted by molar-refractivity contribution is -0.114. The van der Waals surface area contributed by atoms with Crippen molar-refractivity contribution >= 4 is 39.7 Å². The zero-order valence-corrected chi connectivity index (χ0v) is 19.2. The third-order valence-electron chi connectivity index (χ3n) is 4.91. The lowest BCUT2D eigenvalue weighted by atomic mass is 10.1. The zero-order valence-electron chi connectivity index (χ0n) is 18.4.